The molecular formula is C32H28ClN5O2. The van der Waals surface area contributed by atoms with Crippen LogP contribution in [0.4, 0.5) is 5.82 Å². The molecule has 3 aromatic carbocycles. The maximum atomic E-state index is 12.9. The average molecular weight is 550 g/mol. The molecule has 5 aromatic rings. The van der Waals surface area contributed by atoms with E-state index >= 15 is 0 Å². The number of fused-ring (bicyclic) bond motifs is 1. The van der Waals surface area contributed by atoms with E-state index in [9.17, 15) is 4.79 Å². The maximum Gasteiger partial charge on any atom is 0.246 e. The fourth-order valence-corrected chi connectivity index (χ4v) is 5.31. The minimum absolute atomic E-state index is 0.00171. The van der Waals surface area contributed by atoms with Crippen molar-refractivity contribution in [2.24, 2.45) is 0 Å². The van der Waals surface area contributed by atoms with Crippen molar-refractivity contribution in [3.63, 3.8) is 0 Å². The Morgan fingerprint density at radius 3 is 2.35 bits per heavy atom. The molecule has 0 aliphatic carbocycles. The van der Waals surface area contributed by atoms with Gasteiger partial charge in [0, 0.05) is 44.0 Å². The molecule has 1 aliphatic rings. The number of halogens is 1. The van der Waals surface area contributed by atoms with Crippen molar-refractivity contribution in [3.05, 3.63) is 108 Å². The first kappa shape index (κ1) is 25.6. The third kappa shape index (κ3) is 5.03. The fraction of sp³-hybridized carbons (Fsp3) is 0.156. The molecule has 7 nitrogen and oxygen atoms in total. The van der Waals surface area contributed by atoms with E-state index in [1.54, 1.807) is 19.5 Å². The van der Waals surface area contributed by atoms with Crippen LogP contribution in [0, 0.1) is 0 Å². The normalized spacial score (nSPS) is 13.8. The van der Waals surface area contributed by atoms with Gasteiger partial charge >= 0.3 is 0 Å². The summed E-state index contributed by atoms with van der Waals surface area (Å²) in [6.07, 6.45) is 7.17. The number of benzene rings is 3. The van der Waals surface area contributed by atoms with Crippen molar-refractivity contribution in [3.8, 4) is 22.6 Å². The Hall–Kier alpha value is -4.62. The number of amides is 1. The van der Waals surface area contributed by atoms with Gasteiger partial charge in [-0.2, -0.15) is 0 Å². The standard InChI is InChI=1S/C32H28ClN5O2/c1-40-25-14-11-23(12-15-25)13-16-29(39)36-17-19-37(20-18-36)31-30-26(24-7-3-2-4-8-24)21-38(32(30)35-22-34-31)28-10-6-5-9-27(28)33/h2-16,21-22H,17-20H2,1H3/b16-13+. The summed E-state index contributed by atoms with van der Waals surface area (Å²) < 4.78 is 7.24. The van der Waals surface area contributed by atoms with Gasteiger partial charge in [0.05, 0.1) is 23.2 Å². The Morgan fingerprint density at radius 1 is 0.900 bits per heavy atom. The number of rotatable bonds is 6. The van der Waals surface area contributed by atoms with Gasteiger partial charge in [-0.1, -0.05) is 66.2 Å². The summed E-state index contributed by atoms with van der Waals surface area (Å²) in [4.78, 5) is 26.5. The van der Waals surface area contributed by atoms with Gasteiger partial charge in [0.15, 0.2) is 5.65 Å². The van der Waals surface area contributed by atoms with Crippen LogP contribution in [0.3, 0.4) is 0 Å². The monoisotopic (exact) mass is 549 g/mol. The topological polar surface area (TPSA) is 63.5 Å². The molecule has 3 heterocycles. The van der Waals surface area contributed by atoms with Gasteiger partial charge in [0.25, 0.3) is 0 Å². The summed E-state index contributed by atoms with van der Waals surface area (Å²) in [5.74, 6) is 1.64. The highest BCUT2D eigenvalue weighted by molar-refractivity contribution is 6.32. The number of ether oxygens (including phenoxy) is 1. The van der Waals surface area contributed by atoms with E-state index in [4.69, 9.17) is 26.3 Å². The minimum atomic E-state index is -0.00171. The highest BCUT2D eigenvalue weighted by Crippen LogP contribution is 2.38. The van der Waals surface area contributed by atoms with E-state index in [0.29, 0.717) is 31.2 Å². The van der Waals surface area contributed by atoms with E-state index < -0.39 is 0 Å². The van der Waals surface area contributed by atoms with E-state index in [0.717, 1.165) is 45.0 Å². The SMILES string of the molecule is COc1ccc(/C=C/C(=O)N2CCN(c3ncnc4c3c(-c3ccccc3)cn4-c3ccccc3Cl)CC2)cc1. The van der Waals surface area contributed by atoms with Crippen LogP contribution < -0.4 is 9.64 Å². The molecule has 1 fully saturated rings. The number of carbonyl (C=O) groups excluding carboxylic acids is 1. The van der Waals surface area contributed by atoms with Gasteiger partial charge in [0.1, 0.15) is 17.9 Å². The molecule has 40 heavy (non-hydrogen) atoms. The van der Waals surface area contributed by atoms with Crippen LogP contribution in [0.1, 0.15) is 5.56 Å². The average Bonchev–Trinajstić information content (AvgIpc) is 3.40. The van der Waals surface area contributed by atoms with Crippen LogP contribution in [0.5, 0.6) is 5.75 Å². The molecule has 0 atom stereocenters. The molecule has 0 unspecified atom stereocenters. The van der Waals surface area contributed by atoms with Gasteiger partial charge in [-0.05, 0) is 41.5 Å². The lowest BCUT2D eigenvalue weighted by molar-refractivity contribution is -0.126. The number of para-hydroxylation sites is 1. The van der Waals surface area contributed by atoms with Crippen molar-refractivity contribution < 1.29 is 9.53 Å². The molecule has 6 rings (SSSR count). The second kappa shape index (κ2) is 11.2. The molecule has 1 saturated heterocycles. The second-order valence-electron chi connectivity index (χ2n) is 9.54. The van der Waals surface area contributed by atoms with Crippen molar-refractivity contribution in [2.45, 2.75) is 0 Å². The summed E-state index contributed by atoms with van der Waals surface area (Å²) >= 11 is 6.60. The number of hydrogen-bond donors (Lipinski definition) is 0. The molecule has 8 heteroatoms. The van der Waals surface area contributed by atoms with E-state index in [-0.39, 0.29) is 5.91 Å². The number of nitrogens with zero attached hydrogens (tertiary/aromatic N) is 5. The zero-order chi connectivity index (χ0) is 27.5. The first-order chi connectivity index (χ1) is 19.6. The second-order valence-corrected chi connectivity index (χ2v) is 9.95. The zero-order valence-electron chi connectivity index (χ0n) is 22.1. The summed E-state index contributed by atoms with van der Waals surface area (Å²) in [6, 6.07) is 25.6. The zero-order valence-corrected chi connectivity index (χ0v) is 22.8. The van der Waals surface area contributed by atoms with Gasteiger partial charge in [-0.25, -0.2) is 9.97 Å². The van der Waals surface area contributed by atoms with Crippen LogP contribution >= 0.6 is 11.6 Å². The molecular weight excluding hydrogens is 522 g/mol. The van der Waals surface area contributed by atoms with Crippen LogP contribution in [-0.2, 0) is 4.79 Å². The fourth-order valence-electron chi connectivity index (χ4n) is 5.08. The van der Waals surface area contributed by atoms with Gasteiger partial charge in [-0.15, -0.1) is 0 Å². The maximum absolute atomic E-state index is 12.9. The number of piperazine rings is 1. The Balaban J connectivity index is 1.28. The van der Waals surface area contributed by atoms with E-state index in [1.807, 2.05) is 82.3 Å². The molecule has 0 N–H and O–H groups in total. The first-order valence-electron chi connectivity index (χ1n) is 13.1. The molecule has 0 bridgehead atoms. The highest BCUT2D eigenvalue weighted by Gasteiger charge is 2.25. The largest absolute Gasteiger partial charge is 0.497 e. The predicted molar refractivity (Wildman–Crippen MR) is 160 cm³/mol. The van der Waals surface area contributed by atoms with Gasteiger partial charge in [0.2, 0.25) is 5.91 Å². The summed E-state index contributed by atoms with van der Waals surface area (Å²) in [5, 5.41) is 1.61. The number of anilines is 1. The highest BCUT2D eigenvalue weighted by atomic mass is 35.5. The summed E-state index contributed by atoms with van der Waals surface area (Å²) in [7, 11) is 1.64. The summed E-state index contributed by atoms with van der Waals surface area (Å²) in [5.41, 5.74) is 4.71. The minimum Gasteiger partial charge on any atom is -0.497 e. The Bertz CT molecular complexity index is 1670. The van der Waals surface area contributed by atoms with Gasteiger partial charge < -0.3 is 14.5 Å². The lowest BCUT2D eigenvalue weighted by Crippen LogP contribution is -2.48. The van der Waals surface area contributed by atoms with E-state index in [1.165, 1.54) is 0 Å². The van der Waals surface area contributed by atoms with Crippen molar-refractivity contribution in [1.82, 2.24) is 19.4 Å². The quantitative estimate of drug-likeness (QED) is 0.239. The molecule has 1 amide bonds. The molecule has 2 aromatic heterocycles. The predicted octanol–water partition coefficient (Wildman–Crippen LogP) is 6.11. The van der Waals surface area contributed by atoms with Crippen LogP contribution in [0.25, 0.3) is 33.9 Å². The van der Waals surface area contributed by atoms with Gasteiger partial charge in [-0.3, -0.25) is 9.36 Å². The lowest BCUT2D eigenvalue weighted by Gasteiger charge is -2.35. The van der Waals surface area contributed by atoms with Crippen molar-refractivity contribution in [2.75, 3.05) is 38.2 Å². The Labute approximate surface area is 237 Å². The molecule has 0 radical (unpaired) electrons. The molecule has 200 valence electrons. The number of carbonyl (C=O) groups is 1. The Kier molecular flexibility index (Phi) is 7.21. The van der Waals surface area contributed by atoms with E-state index in [2.05, 4.69) is 23.2 Å². The first-order valence-corrected chi connectivity index (χ1v) is 13.5. The molecule has 0 spiro atoms. The smallest absolute Gasteiger partial charge is 0.246 e. The third-order valence-corrected chi connectivity index (χ3v) is 7.50. The van der Waals surface area contributed by atoms with Crippen LogP contribution in [0.15, 0.2) is 97.5 Å². The number of hydrogen-bond acceptors (Lipinski definition) is 5. The van der Waals surface area contributed by atoms with Crippen molar-refractivity contribution >= 4 is 40.4 Å². The van der Waals surface area contributed by atoms with Crippen LogP contribution in [-0.4, -0.2) is 58.6 Å². The molecule has 0 saturated carbocycles. The number of aromatic nitrogens is 3. The lowest BCUT2D eigenvalue weighted by atomic mass is 10.1. The third-order valence-electron chi connectivity index (χ3n) is 7.18. The van der Waals surface area contributed by atoms with Crippen molar-refractivity contribution in [1.29, 1.82) is 0 Å². The van der Waals surface area contributed by atoms with Crippen LogP contribution in [0.2, 0.25) is 5.02 Å². The molecule has 1 aliphatic heterocycles. The Morgan fingerprint density at radius 2 is 1.62 bits per heavy atom. The summed E-state index contributed by atoms with van der Waals surface area (Å²) in [6.45, 7) is 2.53. The number of methoxy groups -OCH3 is 1.